The molecule has 0 fully saturated rings. The van der Waals surface area contributed by atoms with Crippen LogP contribution in [0.1, 0.15) is 11.8 Å². The minimum Gasteiger partial charge on any atom is -0.288 e. The Kier molecular flexibility index (Phi) is 4.81. The van der Waals surface area contributed by atoms with Gasteiger partial charge < -0.3 is 0 Å². The second-order valence-corrected chi connectivity index (χ2v) is 7.75. The lowest BCUT2D eigenvalue weighted by Gasteiger charge is -2.17. The van der Waals surface area contributed by atoms with E-state index >= 15 is 0 Å². The minimum atomic E-state index is 0.0423. The lowest BCUT2D eigenvalue weighted by molar-refractivity contribution is -0.116. The molecule has 0 aliphatic rings. The molecule has 0 radical (unpaired) electrons. The molecule has 1 aromatic carbocycles. The van der Waals surface area contributed by atoms with Crippen LogP contribution >= 0.6 is 34.4 Å². The highest BCUT2D eigenvalue weighted by atomic mass is 32.2. The zero-order valence-electron chi connectivity index (χ0n) is 12.4. The van der Waals surface area contributed by atoms with Crippen molar-refractivity contribution in [2.75, 3.05) is 17.7 Å². The predicted octanol–water partition coefficient (Wildman–Crippen LogP) is 4.68. The van der Waals surface area contributed by atoms with E-state index in [2.05, 4.69) is 34.8 Å². The highest BCUT2D eigenvalue weighted by Crippen LogP contribution is 2.31. The summed E-state index contributed by atoms with van der Waals surface area (Å²) in [5.74, 6) is 0.0423. The molecule has 6 heteroatoms. The van der Waals surface area contributed by atoms with Crippen molar-refractivity contribution in [1.82, 2.24) is 4.98 Å². The first-order valence-corrected chi connectivity index (χ1v) is 9.84. The number of anilines is 1. The third-order valence-electron chi connectivity index (χ3n) is 3.36. The van der Waals surface area contributed by atoms with E-state index in [0.29, 0.717) is 6.54 Å². The van der Waals surface area contributed by atoms with Gasteiger partial charge in [-0.05, 0) is 42.3 Å². The van der Waals surface area contributed by atoms with Crippen molar-refractivity contribution in [1.29, 1.82) is 0 Å². The Morgan fingerprint density at radius 2 is 2.23 bits per heavy atom. The molecule has 0 N–H and O–H groups in total. The van der Waals surface area contributed by atoms with E-state index < -0.39 is 0 Å². The first-order valence-electron chi connectivity index (χ1n) is 6.92. The second-order valence-electron chi connectivity index (χ2n) is 4.83. The summed E-state index contributed by atoms with van der Waals surface area (Å²) in [4.78, 5) is 20.9. The summed E-state index contributed by atoms with van der Waals surface area (Å²) in [5, 5.41) is 2.85. The molecule has 0 spiro atoms. The summed E-state index contributed by atoms with van der Waals surface area (Å²) < 4.78 is 1.13. The quantitative estimate of drug-likeness (QED) is 0.628. The Morgan fingerprint density at radius 1 is 1.36 bits per heavy atom. The zero-order chi connectivity index (χ0) is 15.5. The lowest BCUT2D eigenvalue weighted by Crippen LogP contribution is -2.30. The standard InChI is InChI=1S/C16H16N2OS3/c1-11(19)18(8-7-12-4-3-9-21-12)16-17-14-6-5-13(20-2)10-15(14)22-16/h3-6,9-10H,7-8H2,1-2H3. The molecule has 0 atom stereocenters. The van der Waals surface area contributed by atoms with Crippen LogP contribution in [0.4, 0.5) is 5.13 Å². The van der Waals surface area contributed by atoms with Gasteiger partial charge in [-0.1, -0.05) is 17.4 Å². The second kappa shape index (κ2) is 6.81. The van der Waals surface area contributed by atoms with E-state index in [1.165, 1.54) is 9.77 Å². The smallest absolute Gasteiger partial charge is 0.225 e. The Labute approximate surface area is 142 Å². The van der Waals surface area contributed by atoms with Crippen LogP contribution < -0.4 is 4.90 Å². The molecule has 1 amide bonds. The fourth-order valence-corrected chi connectivity index (χ4v) is 4.49. The molecule has 22 heavy (non-hydrogen) atoms. The molecule has 0 bridgehead atoms. The van der Waals surface area contributed by atoms with Crippen LogP contribution in [0.2, 0.25) is 0 Å². The van der Waals surface area contributed by atoms with Gasteiger partial charge in [0.05, 0.1) is 10.2 Å². The summed E-state index contributed by atoms with van der Waals surface area (Å²) in [7, 11) is 0. The number of carbonyl (C=O) groups excluding carboxylic acids is 1. The number of carbonyl (C=O) groups is 1. The van der Waals surface area contributed by atoms with Crippen LogP contribution in [-0.2, 0) is 11.2 Å². The first-order chi connectivity index (χ1) is 10.7. The minimum absolute atomic E-state index is 0.0423. The van der Waals surface area contributed by atoms with Crippen LogP contribution in [0.15, 0.2) is 40.6 Å². The van der Waals surface area contributed by atoms with Crippen molar-refractivity contribution < 1.29 is 4.79 Å². The van der Waals surface area contributed by atoms with Crippen LogP contribution in [0.3, 0.4) is 0 Å². The molecular formula is C16H16N2OS3. The van der Waals surface area contributed by atoms with Gasteiger partial charge in [0, 0.05) is 23.2 Å². The van der Waals surface area contributed by atoms with Gasteiger partial charge in [-0.3, -0.25) is 9.69 Å². The van der Waals surface area contributed by atoms with E-state index in [1.807, 2.05) is 12.1 Å². The van der Waals surface area contributed by atoms with Crippen LogP contribution in [0, 0.1) is 0 Å². The number of thioether (sulfide) groups is 1. The van der Waals surface area contributed by atoms with Crippen molar-refractivity contribution in [2.24, 2.45) is 0 Å². The molecule has 2 aromatic heterocycles. The molecule has 3 rings (SSSR count). The number of hydrogen-bond donors (Lipinski definition) is 0. The topological polar surface area (TPSA) is 33.2 Å². The van der Waals surface area contributed by atoms with Crippen molar-refractivity contribution >= 4 is 55.7 Å². The Hall–Kier alpha value is -1.37. The number of thiophene rings is 1. The number of fused-ring (bicyclic) bond motifs is 1. The highest BCUT2D eigenvalue weighted by molar-refractivity contribution is 7.98. The van der Waals surface area contributed by atoms with Crippen molar-refractivity contribution in [3.63, 3.8) is 0 Å². The fourth-order valence-electron chi connectivity index (χ4n) is 2.20. The van der Waals surface area contributed by atoms with Crippen LogP contribution in [0.5, 0.6) is 0 Å². The summed E-state index contributed by atoms with van der Waals surface area (Å²) in [6, 6.07) is 10.4. The van der Waals surface area contributed by atoms with Crippen LogP contribution in [0.25, 0.3) is 10.2 Å². The van der Waals surface area contributed by atoms with Gasteiger partial charge in [-0.2, -0.15) is 0 Å². The number of hydrogen-bond acceptors (Lipinski definition) is 5. The average molecular weight is 349 g/mol. The van der Waals surface area contributed by atoms with Crippen molar-refractivity contribution in [3.05, 3.63) is 40.6 Å². The zero-order valence-corrected chi connectivity index (χ0v) is 14.9. The molecule has 0 saturated heterocycles. The van der Waals surface area contributed by atoms with Gasteiger partial charge in [0.2, 0.25) is 5.91 Å². The van der Waals surface area contributed by atoms with Gasteiger partial charge in [-0.25, -0.2) is 4.98 Å². The molecule has 0 aliphatic carbocycles. The average Bonchev–Trinajstić information content (AvgIpc) is 3.15. The first kappa shape index (κ1) is 15.5. The maximum absolute atomic E-state index is 12.0. The predicted molar refractivity (Wildman–Crippen MR) is 97.5 cm³/mol. The van der Waals surface area contributed by atoms with E-state index in [0.717, 1.165) is 21.8 Å². The van der Waals surface area contributed by atoms with Crippen molar-refractivity contribution in [3.8, 4) is 0 Å². The number of rotatable bonds is 5. The molecule has 0 unspecified atom stereocenters. The fraction of sp³-hybridized carbons (Fsp3) is 0.250. The Bertz CT molecular complexity index is 780. The third-order valence-corrected chi connectivity index (χ3v) is 6.06. The van der Waals surface area contributed by atoms with E-state index in [1.54, 1.807) is 46.3 Å². The monoisotopic (exact) mass is 348 g/mol. The maximum atomic E-state index is 12.0. The van der Waals surface area contributed by atoms with Gasteiger partial charge in [0.1, 0.15) is 0 Å². The summed E-state index contributed by atoms with van der Waals surface area (Å²) in [6.45, 7) is 2.28. The summed E-state index contributed by atoms with van der Waals surface area (Å²) in [6.07, 6.45) is 2.93. The summed E-state index contributed by atoms with van der Waals surface area (Å²) in [5.41, 5.74) is 0.958. The number of benzene rings is 1. The maximum Gasteiger partial charge on any atom is 0.225 e. The Morgan fingerprint density at radius 3 is 2.91 bits per heavy atom. The largest absolute Gasteiger partial charge is 0.288 e. The van der Waals surface area contributed by atoms with Gasteiger partial charge in [0.25, 0.3) is 0 Å². The number of thiazole rings is 1. The number of aromatic nitrogens is 1. The van der Waals surface area contributed by atoms with Crippen LogP contribution in [-0.4, -0.2) is 23.7 Å². The number of amides is 1. The van der Waals surface area contributed by atoms with E-state index in [9.17, 15) is 4.79 Å². The number of nitrogens with zero attached hydrogens (tertiary/aromatic N) is 2. The third kappa shape index (κ3) is 3.34. The normalized spacial score (nSPS) is 11.0. The molecule has 3 nitrogen and oxygen atoms in total. The summed E-state index contributed by atoms with van der Waals surface area (Å²) >= 11 is 5.02. The van der Waals surface area contributed by atoms with E-state index in [4.69, 9.17) is 0 Å². The molecule has 3 aromatic rings. The Balaban J connectivity index is 1.85. The highest BCUT2D eigenvalue weighted by Gasteiger charge is 2.16. The van der Waals surface area contributed by atoms with E-state index in [-0.39, 0.29) is 5.91 Å². The van der Waals surface area contributed by atoms with Crippen molar-refractivity contribution in [2.45, 2.75) is 18.2 Å². The van der Waals surface area contributed by atoms with Gasteiger partial charge >= 0.3 is 0 Å². The molecule has 2 heterocycles. The molecule has 0 aliphatic heterocycles. The lowest BCUT2D eigenvalue weighted by atomic mass is 10.3. The SMILES string of the molecule is CSc1ccc2nc(N(CCc3cccs3)C(C)=O)sc2c1. The molecular weight excluding hydrogens is 332 g/mol. The van der Waals surface area contributed by atoms with Gasteiger partial charge in [-0.15, -0.1) is 23.1 Å². The van der Waals surface area contributed by atoms with Gasteiger partial charge in [0.15, 0.2) is 5.13 Å². The molecule has 0 saturated carbocycles. The molecule has 114 valence electrons.